The average Bonchev–Trinajstić information content (AvgIpc) is 3.18. The van der Waals surface area contributed by atoms with Crippen molar-refractivity contribution in [3.05, 3.63) is 64.7 Å². The predicted molar refractivity (Wildman–Crippen MR) is 114 cm³/mol. The summed E-state index contributed by atoms with van der Waals surface area (Å²) in [5.74, 6) is -2.42. The molecule has 0 saturated carbocycles. The largest absolute Gasteiger partial charge is 0.455 e. The number of nitrogens with one attached hydrogen (secondary N) is 1. The molecule has 1 unspecified atom stereocenters. The van der Waals surface area contributed by atoms with Crippen LogP contribution in [-0.4, -0.2) is 53.4 Å². The van der Waals surface area contributed by atoms with Crippen LogP contribution in [0.1, 0.15) is 52.1 Å². The minimum absolute atomic E-state index is 0.00540. The number of hydrogen-bond acceptors (Lipinski definition) is 6. The van der Waals surface area contributed by atoms with Gasteiger partial charge in [0.15, 0.2) is 18.2 Å². The molecule has 0 radical (unpaired) electrons. The van der Waals surface area contributed by atoms with E-state index in [0.717, 1.165) is 0 Å². The van der Waals surface area contributed by atoms with Gasteiger partial charge in [0, 0.05) is 46.9 Å². The number of hydrogen-bond donors (Lipinski definition) is 1. The van der Waals surface area contributed by atoms with Gasteiger partial charge >= 0.3 is 5.97 Å². The van der Waals surface area contributed by atoms with Crippen LogP contribution < -0.4 is 5.32 Å². The number of fused-ring (bicyclic) bond motifs is 2. The Bertz CT molecular complexity index is 1150. The van der Waals surface area contributed by atoms with Crippen LogP contribution in [0.4, 0.5) is 5.69 Å². The number of ketones is 2. The van der Waals surface area contributed by atoms with Crippen LogP contribution >= 0.6 is 0 Å². The Hall–Kier alpha value is -3.81. The molecule has 2 aromatic carbocycles. The van der Waals surface area contributed by atoms with E-state index < -0.39 is 24.4 Å². The maximum atomic E-state index is 12.8. The lowest BCUT2D eigenvalue weighted by Crippen LogP contribution is -2.33. The Morgan fingerprint density at radius 3 is 2.25 bits per heavy atom. The molecular weight excluding hydrogens is 412 g/mol. The van der Waals surface area contributed by atoms with Crippen molar-refractivity contribution in [3.8, 4) is 0 Å². The second kappa shape index (κ2) is 8.37. The second-order valence-corrected chi connectivity index (χ2v) is 8.16. The zero-order valence-corrected chi connectivity index (χ0v) is 17.7. The first-order valence-electron chi connectivity index (χ1n) is 10.3. The first-order chi connectivity index (χ1) is 15.3. The van der Waals surface area contributed by atoms with Crippen molar-refractivity contribution in [2.24, 2.45) is 5.92 Å². The van der Waals surface area contributed by atoms with Gasteiger partial charge in [0.05, 0.1) is 5.92 Å². The zero-order chi connectivity index (χ0) is 23.0. The van der Waals surface area contributed by atoms with Crippen LogP contribution in [0.5, 0.6) is 0 Å². The van der Waals surface area contributed by atoms with Crippen molar-refractivity contribution in [2.75, 3.05) is 18.5 Å². The highest BCUT2D eigenvalue weighted by Gasteiger charge is 2.36. The van der Waals surface area contributed by atoms with Gasteiger partial charge < -0.3 is 15.0 Å². The summed E-state index contributed by atoms with van der Waals surface area (Å²) in [6.45, 7) is 3.50. The molecule has 0 bridgehead atoms. The molecule has 164 valence electrons. The van der Waals surface area contributed by atoms with Gasteiger partial charge in [-0.25, -0.2) is 0 Å². The molecular formula is C24H22N2O6. The van der Waals surface area contributed by atoms with Gasteiger partial charge in [-0.1, -0.05) is 24.3 Å². The van der Waals surface area contributed by atoms with Gasteiger partial charge in [-0.15, -0.1) is 0 Å². The van der Waals surface area contributed by atoms with Gasteiger partial charge in [0.25, 0.3) is 5.91 Å². The van der Waals surface area contributed by atoms with E-state index in [9.17, 15) is 24.0 Å². The highest BCUT2D eigenvalue weighted by molar-refractivity contribution is 6.28. The molecule has 1 aliphatic heterocycles. The van der Waals surface area contributed by atoms with Gasteiger partial charge in [-0.05, 0) is 32.0 Å². The fourth-order valence-electron chi connectivity index (χ4n) is 4.02. The molecule has 1 atom stereocenters. The lowest BCUT2D eigenvalue weighted by atomic mass is 9.84. The third-order valence-corrected chi connectivity index (χ3v) is 5.67. The monoisotopic (exact) mass is 434 g/mol. The van der Waals surface area contributed by atoms with E-state index in [-0.39, 0.29) is 47.6 Å². The third kappa shape index (κ3) is 3.91. The Balaban J connectivity index is 1.39. The molecule has 2 amide bonds. The molecule has 1 saturated heterocycles. The summed E-state index contributed by atoms with van der Waals surface area (Å²) in [5, 5.41) is 2.58. The van der Waals surface area contributed by atoms with Gasteiger partial charge in [-0.2, -0.15) is 0 Å². The van der Waals surface area contributed by atoms with Crippen molar-refractivity contribution in [2.45, 2.75) is 26.3 Å². The molecule has 0 aromatic heterocycles. The Kier molecular flexibility index (Phi) is 5.61. The highest BCUT2D eigenvalue weighted by Crippen LogP contribution is 2.29. The van der Waals surface area contributed by atoms with E-state index in [1.807, 2.05) is 13.8 Å². The first kappa shape index (κ1) is 21.4. The topological polar surface area (TPSA) is 110 Å². The van der Waals surface area contributed by atoms with Gasteiger partial charge in [0.2, 0.25) is 5.91 Å². The van der Waals surface area contributed by atoms with Crippen molar-refractivity contribution >= 4 is 35.0 Å². The lowest BCUT2D eigenvalue weighted by molar-refractivity contribution is -0.151. The van der Waals surface area contributed by atoms with E-state index in [4.69, 9.17) is 4.74 Å². The minimum Gasteiger partial charge on any atom is -0.455 e. The van der Waals surface area contributed by atoms with E-state index in [2.05, 4.69) is 5.32 Å². The zero-order valence-electron chi connectivity index (χ0n) is 17.7. The van der Waals surface area contributed by atoms with Crippen LogP contribution in [-0.2, 0) is 19.1 Å². The smallest absolute Gasteiger partial charge is 0.311 e. The van der Waals surface area contributed by atoms with E-state index in [1.165, 1.54) is 18.2 Å². The minimum atomic E-state index is -0.598. The summed E-state index contributed by atoms with van der Waals surface area (Å²) in [5.41, 5.74) is 1.48. The number of amides is 2. The fourth-order valence-corrected chi connectivity index (χ4v) is 4.02. The van der Waals surface area contributed by atoms with E-state index in [0.29, 0.717) is 16.8 Å². The molecule has 8 nitrogen and oxygen atoms in total. The molecule has 2 aromatic rings. The van der Waals surface area contributed by atoms with Crippen molar-refractivity contribution in [3.63, 3.8) is 0 Å². The van der Waals surface area contributed by atoms with Crippen molar-refractivity contribution in [1.82, 2.24) is 4.90 Å². The van der Waals surface area contributed by atoms with Crippen LogP contribution in [0.25, 0.3) is 0 Å². The van der Waals surface area contributed by atoms with Gasteiger partial charge in [0.1, 0.15) is 0 Å². The number of benzene rings is 2. The summed E-state index contributed by atoms with van der Waals surface area (Å²) in [4.78, 5) is 63.5. The fraction of sp³-hybridized carbons (Fsp3) is 0.292. The van der Waals surface area contributed by atoms with E-state index >= 15 is 0 Å². The van der Waals surface area contributed by atoms with Crippen LogP contribution in [0.15, 0.2) is 42.5 Å². The second-order valence-electron chi connectivity index (χ2n) is 8.16. The van der Waals surface area contributed by atoms with Crippen molar-refractivity contribution in [1.29, 1.82) is 0 Å². The number of rotatable bonds is 5. The predicted octanol–water partition coefficient (Wildman–Crippen LogP) is 2.20. The van der Waals surface area contributed by atoms with Gasteiger partial charge in [-0.3, -0.25) is 24.0 Å². The molecule has 1 aliphatic carbocycles. The van der Waals surface area contributed by atoms with Crippen molar-refractivity contribution < 1.29 is 28.7 Å². The molecule has 8 heteroatoms. The molecule has 32 heavy (non-hydrogen) atoms. The molecule has 1 N–H and O–H groups in total. The summed E-state index contributed by atoms with van der Waals surface area (Å²) < 4.78 is 5.08. The van der Waals surface area contributed by atoms with Crippen LogP contribution in [0.2, 0.25) is 0 Å². The summed E-state index contributed by atoms with van der Waals surface area (Å²) in [6, 6.07) is 11.1. The molecule has 1 heterocycles. The Morgan fingerprint density at radius 2 is 1.62 bits per heavy atom. The molecule has 4 rings (SSSR count). The van der Waals surface area contributed by atoms with Crippen LogP contribution in [0, 0.1) is 5.92 Å². The summed E-state index contributed by atoms with van der Waals surface area (Å²) >= 11 is 0. The SMILES string of the molecule is CC(C)N1CC(C(=O)OCC(=O)Nc2ccc3c(c2)C(=O)c2ccccc2C3=O)CC1=O. The number of likely N-dealkylation sites (tertiary alicyclic amines) is 1. The Morgan fingerprint density at radius 1 is 1.00 bits per heavy atom. The quantitative estimate of drug-likeness (QED) is 0.617. The number of ether oxygens (including phenoxy) is 1. The first-order valence-corrected chi connectivity index (χ1v) is 10.3. The lowest BCUT2D eigenvalue weighted by Gasteiger charge is -2.20. The number of nitrogens with zero attached hydrogens (tertiary/aromatic N) is 1. The Labute approximate surface area is 184 Å². The summed E-state index contributed by atoms with van der Waals surface area (Å²) in [7, 11) is 0. The third-order valence-electron chi connectivity index (χ3n) is 5.67. The van der Waals surface area contributed by atoms with E-state index in [1.54, 1.807) is 29.2 Å². The molecule has 2 aliphatic rings. The number of carbonyl (C=O) groups is 5. The molecule has 0 spiro atoms. The number of anilines is 1. The number of esters is 1. The average molecular weight is 434 g/mol. The highest BCUT2D eigenvalue weighted by atomic mass is 16.5. The van der Waals surface area contributed by atoms with Crippen LogP contribution in [0.3, 0.4) is 0 Å². The summed E-state index contributed by atoms with van der Waals surface area (Å²) in [6.07, 6.45) is 0.0705. The standard InChI is InChI=1S/C24H22N2O6/c1-13(2)26-11-14(9-21(26)28)24(31)32-12-20(27)25-15-7-8-18-19(10-15)23(30)17-6-4-3-5-16(17)22(18)29/h3-8,10,13-14H,9,11-12H2,1-2H3,(H,25,27). The maximum absolute atomic E-state index is 12.8. The molecule has 1 fully saturated rings. The number of carbonyl (C=O) groups excluding carboxylic acids is 5. The maximum Gasteiger partial charge on any atom is 0.311 e. The normalized spacial score (nSPS) is 17.3.